The maximum Gasteiger partial charge on any atom is 0.252 e. The highest BCUT2D eigenvalue weighted by molar-refractivity contribution is 9.10. The summed E-state index contributed by atoms with van der Waals surface area (Å²) < 4.78 is 0.724. The van der Waals surface area contributed by atoms with Gasteiger partial charge in [0.25, 0.3) is 5.91 Å². The average Bonchev–Trinajstić information content (AvgIpc) is 2.78. The third-order valence-corrected chi connectivity index (χ3v) is 3.74. The summed E-state index contributed by atoms with van der Waals surface area (Å²) in [6.45, 7) is 1.72. The summed E-state index contributed by atoms with van der Waals surface area (Å²) in [6, 6.07) is 5.58. The van der Waals surface area contributed by atoms with E-state index in [1.807, 2.05) is 0 Å². The van der Waals surface area contributed by atoms with Gasteiger partial charge in [-0.25, -0.2) is 0 Å². The van der Waals surface area contributed by atoms with Gasteiger partial charge in [-0.15, -0.1) is 12.4 Å². The second kappa shape index (κ2) is 7.34. The number of hydrogen-bond donors (Lipinski definition) is 2. The first-order valence-corrected chi connectivity index (χ1v) is 6.80. The van der Waals surface area contributed by atoms with Crippen LogP contribution in [0.25, 0.3) is 0 Å². The molecule has 6 heteroatoms. The molecule has 1 aromatic carbocycles. The van der Waals surface area contributed by atoms with Gasteiger partial charge in [-0.05, 0) is 53.5 Å². The topological polar surface area (TPSA) is 41.1 Å². The van der Waals surface area contributed by atoms with E-state index >= 15 is 0 Å². The third kappa shape index (κ3) is 4.12. The largest absolute Gasteiger partial charge is 0.350 e. The highest BCUT2D eigenvalue weighted by atomic mass is 79.9. The smallest absolute Gasteiger partial charge is 0.252 e. The van der Waals surface area contributed by atoms with Crippen LogP contribution in [0.3, 0.4) is 0 Å². The van der Waals surface area contributed by atoms with Crippen molar-refractivity contribution in [2.75, 3.05) is 13.1 Å². The molecule has 2 rings (SSSR count). The van der Waals surface area contributed by atoms with Gasteiger partial charge in [0.1, 0.15) is 0 Å². The minimum absolute atomic E-state index is 0. The predicted molar refractivity (Wildman–Crippen MR) is 79.8 cm³/mol. The summed E-state index contributed by atoms with van der Waals surface area (Å²) >= 11 is 9.17. The van der Waals surface area contributed by atoms with E-state index in [1.165, 1.54) is 6.42 Å². The van der Waals surface area contributed by atoms with Crippen molar-refractivity contribution in [2.45, 2.75) is 18.9 Å². The van der Waals surface area contributed by atoms with E-state index in [9.17, 15) is 4.79 Å². The minimum Gasteiger partial charge on any atom is -0.350 e. The molecule has 0 spiro atoms. The molecule has 1 aromatic rings. The molecule has 1 heterocycles. The van der Waals surface area contributed by atoms with Crippen molar-refractivity contribution in [2.24, 2.45) is 0 Å². The molecule has 1 atom stereocenters. The molecule has 18 heavy (non-hydrogen) atoms. The van der Waals surface area contributed by atoms with E-state index in [0.717, 1.165) is 17.4 Å². The lowest BCUT2D eigenvalue weighted by molar-refractivity contribution is 0.0949. The predicted octanol–water partition coefficient (Wildman–Crippen LogP) is 3.01. The fraction of sp³-hybridized carbons (Fsp3) is 0.417. The number of rotatable bonds is 3. The monoisotopic (exact) mass is 352 g/mol. The van der Waals surface area contributed by atoms with E-state index in [4.69, 9.17) is 11.6 Å². The van der Waals surface area contributed by atoms with Crippen LogP contribution in [0.15, 0.2) is 22.7 Å². The quantitative estimate of drug-likeness (QED) is 0.876. The molecule has 0 aliphatic carbocycles. The maximum atomic E-state index is 11.9. The van der Waals surface area contributed by atoms with Crippen LogP contribution < -0.4 is 10.6 Å². The lowest BCUT2D eigenvalue weighted by Crippen LogP contribution is -2.37. The van der Waals surface area contributed by atoms with Gasteiger partial charge >= 0.3 is 0 Å². The van der Waals surface area contributed by atoms with Crippen LogP contribution in [0, 0.1) is 0 Å². The second-order valence-electron chi connectivity index (χ2n) is 4.13. The normalized spacial score (nSPS) is 18.2. The van der Waals surface area contributed by atoms with E-state index in [2.05, 4.69) is 26.6 Å². The van der Waals surface area contributed by atoms with Crippen molar-refractivity contribution < 1.29 is 4.79 Å². The van der Waals surface area contributed by atoms with Gasteiger partial charge in [0.15, 0.2) is 0 Å². The van der Waals surface area contributed by atoms with Gasteiger partial charge < -0.3 is 10.6 Å². The molecule has 100 valence electrons. The Labute approximate surface area is 126 Å². The molecule has 1 aliphatic rings. The Morgan fingerprint density at radius 1 is 1.56 bits per heavy atom. The van der Waals surface area contributed by atoms with Crippen molar-refractivity contribution in [1.29, 1.82) is 0 Å². The van der Waals surface area contributed by atoms with Gasteiger partial charge in [0.2, 0.25) is 0 Å². The molecular formula is C12H15BrCl2N2O. The lowest BCUT2D eigenvalue weighted by atomic mass is 10.2. The van der Waals surface area contributed by atoms with Gasteiger partial charge in [-0.2, -0.15) is 0 Å². The van der Waals surface area contributed by atoms with Crippen molar-refractivity contribution in [3.63, 3.8) is 0 Å². The van der Waals surface area contributed by atoms with E-state index in [-0.39, 0.29) is 18.3 Å². The van der Waals surface area contributed by atoms with Gasteiger partial charge in [0.05, 0.1) is 5.56 Å². The third-order valence-electron chi connectivity index (χ3n) is 2.85. The molecule has 0 aromatic heterocycles. The van der Waals surface area contributed by atoms with Gasteiger partial charge in [-0.1, -0.05) is 11.6 Å². The Morgan fingerprint density at radius 3 is 2.94 bits per heavy atom. The Bertz CT molecular complexity index is 423. The molecule has 1 saturated heterocycles. The Kier molecular flexibility index (Phi) is 6.43. The molecule has 1 unspecified atom stereocenters. The number of halogens is 3. The number of carbonyl (C=O) groups excluding carboxylic acids is 1. The Balaban J connectivity index is 0.00000162. The maximum absolute atomic E-state index is 11.9. The second-order valence-corrected chi connectivity index (χ2v) is 5.42. The number of nitrogens with one attached hydrogen (secondary N) is 2. The van der Waals surface area contributed by atoms with E-state index < -0.39 is 0 Å². The zero-order valence-electron chi connectivity index (χ0n) is 9.71. The average molecular weight is 354 g/mol. The van der Waals surface area contributed by atoms with Gasteiger partial charge in [0, 0.05) is 22.1 Å². The molecule has 1 amide bonds. The van der Waals surface area contributed by atoms with E-state index in [0.29, 0.717) is 23.2 Å². The number of benzene rings is 1. The molecule has 1 aliphatic heterocycles. The summed E-state index contributed by atoms with van der Waals surface area (Å²) in [5.41, 5.74) is 0.618. The summed E-state index contributed by atoms with van der Waals surface area (Å²) in [5.74, 6) is -0.0674. The molecular weight excluding hydrogens is 339 g/mol. The molecule has 1 fully saturated rings. The zero-order chi connectivity index (χ0) is 12.3. The van der Waals surface area contributed by atoms with Crippen molar-refractivity contribution in [3.8, 4) is 0 Å². The fourth-order valence-corrected chi connectivity index (χ4v) is 2.78. The SMILES string of the molecule is Cl.O=C(NCC1CCCN1)c1ccc(Cl)cc1Br. The first-order chi connectivity index (χ1) is 8.16. The van der Waals surface area contributed by atoms with Crippen LogP contribution in [0.1, 0.15) is 23.2 Å². The fourth-order valence-electron chi connectivity index (χ4n) is 1.92. The van der Waals surface area contributed by atoms with Crippen LogP contribution in [0.5, 0.6) is 0 Å². The molecule has 2 N–H and O–H groups in total. The van der Waals surface area contributed by atoms with Crippen molar-refractivity contribution in [3.05, 3.63) is 33.3 Å². The summed E-state index contributed by atoms with van der Waals surface area (Å²) in [5, 5.41) is 6.88. The molecule has 0 bridgehead atoms. The Hall–Kier alpha value is -0.290. The van der Waals surface area contributed by atoms with Crippen LogP contribution >= 0.6 is 39.9 Å². The highest BCUT2D eigenvalue weighted by Gasteiger charge is 2.16. The van der Waals surface area contributed by atoms with Crippen LogP contribution in [0.2, 0.25) is 5.02 Å². The summed E-state index contributed by atoms with van der Waals surface area (Å²) in [4.78, 5) is 11.9. The van der Waals surface area contributed by atoms with Crippen LogP contribution in [-0.4, -0.2) is 25.0 Å². The summed E-state index contributed by atoms with van der Waals surface area (Å²) in [6.07, 6.45) is 2.31. The highest BCUT2D eigenvalue weighted by Crippen LogP contribution is 2.21. The van der Waals surface area contributed by atoms with E-state index in [1.54, 1.807) is 18.2 Å². The lowest BCUT2D eigenvalue weighted by Gasteiger charge is -2.12. The molecule has 0 radical (unpaired) electrons. The van der Waals surface area contributed by atoms with Crippen LogP contribution in [0.4, 0.5) is 0 Å². The molecule has 0 saturated carbocycles. The summed E-state index contributed by atoms with van der Waals surface area (Å²) in [7, 11) is 0. The first kappa shape index (κ1) is 15.8. The number of hydrogen-bond acceptors (Lipinski definition) is 2. The van der Waals surface area contributed by atoms with Crippen LogP contribution in [-0.2, 0) is 0 Å². The van der Waals surface area contributed by atoms with Gasteiger partial charge in [-0.3, -0.25) is 4.79 Å². The standard InChI is InChI=1S/C12H14BrClN2O.ClH/c13-11-6-8(14)3-4-10(11)12(17)16-7-9-2-1-5-15-9;/h3-4,6,9,15H,1-2,5,7H2,(H,16,17);1H. The molecule has 3 nitrogen and oxygen atoms in total. The van der Waals surface area contributed by atoms with Crippen molar-refractivity contribution >= 4 is 45.8 Å². The zero-order valence-corrected chi connectivity index (χ0v) is 12.9. The Morgan fingerprint density at radius 2 is 2.33 bits per heavy atom. The first-order valence-electron chi connectivity index (χ1n) is 5.63. The number of carbonyl (C=O) groups is 1. The minimum atomic E-state index is -0.0674. The number of amides is 1. The van der Waals surface area contributed by atoms with Crippen molar-refractivity contribution in [1.82, 2.24) is 10.6 Å².